The van der Waals surface area contributed by atoms with E-state index < -0.39 is 11.6 Å². The fraction of sp³-hybridized carbons (Fsp3) is 0.238. The van der Waals surface area contributed by atoms with Crippen molar-refractivity contribution in [3.05, 3.63) is 70.1 Å². The molecule has 1 aliphatic carbocycles. The number of methoxy groups -OCH3 is 1. The Balaban J connectivity index is 1.92. The summed E-state index contributed by atoms with van der Waals surface area (Å²) >= 11 is 1.68. The van der Waals surface area contributed by atoms with Crippen LogP contribution in [0.2, 0.25) is 0 Å². The molecule has 4 heteroatoms. The molecular weight excluding hydrogens is 338 g/mol. The lowest BCUT2D eigenvalue weighted by Gasteiger charge is -2.08. The van der Waals surface area contributed by atoms with Gasteiger partial charge in [0, 0.05) is 34.6 Å². The van der Waals surface area contributed by atoms with Gasteiger partial charge in [0.1, 0.15) is 0 Å². The van der Waals surface area contributed by atoms with Crippen molar-refractivity contribution >= 4 is 11.3 Å². The van der Waals surface area contributed by atoms with Gasteiger partial charge in [-0.25, -0.2) is 8.78 Å². The van der Waals surface area contributed by atoms with Crippen LogP contribution in [0.15, 0.2) is 42.5 Å². The van der Waals surface area contributed by atoms with Crippen molar-refractivity contribution in [3.63, 3.8) is 0 Å². The largest absolute Gasteiger partial charge is 0.385 e. The molecule has 0 amide bonds. The van der Waals surface area contributed by atoms with Crippen molar-refractivity contribution in [1.82, 2.24) is 0 Å². The van der Waals surface area contributed by atoms with Crippen molar-refractivity contribution in [2.45, 2.75) is 19.3 Å². The van der Waals surface area contributed by atoms with Gasteiger partial charge >= 0.3 is 0 Å². The quantitative estimate of drug-likeness (QED) is 0.417. The molecule has 0 saturated heterocycles. The van der Waals surface area contributed by atoms with Gasteiger partial charge in [0.2, 0.25) is 0 Å². The molecule has 0 unspecified atom stereocenters. The van der Waals surface area contributed by atoms with E-state index in [9.17, 15) is 8.78 Å². The number of ether oxygens (including phenoxy) is 1. The third kappa shape index (κ3) is 2.90. The Hall–Kier alpha value is -2.04. The summed E-state index contributed by atoms with van der Waals surface area (Å²) in [5.41, 5.74) is 4.34. The monoisotopic (exact) mass is 356 g/mol. The van der Waals surface area contributed by atoms with Gasteiger partial charge in [-0.1, -0.05) is 30.3 Å². The minimum atomic E-state index is -0.789. The molecule has 1 aromatic heterocycles. The predicted octanol–water partition coefficient (Wildman–Crippen LogP) is 5.84. The summed E-state index contributed by atoms with van der Waals surface area (Å²) in [7, 11) is 1.69. The molecule has 0 spiro atoms. The smallest absolute Gasteiger partial charge is 0.166 e. The normalized spacial score (nSPS) is 12.3. The SMILES string of the molecule is COCCCc1cc2c(s1)-c1ccccc1Cc1ccc(F)c(F)c1-2. The highest BCUT2D eigenvalue weighted by atomic mass is 32.1. The second-order valence-corrected chi connectivity index (χ2v) is 7.42. The van der Waals surface area contributed by atoms with E-state index in [1.165, 1.54) is 10.9 Å². The first-order chi connectivity index (χ1) is 12.2. The van der Waals surface area contributed by atoms with E-state index in [1.807, 2.05) is 18.2 Å². The summed E-state index contributed by atoms with van der Waals surface area (Å²) in [6, 6.07) is 13.1. The molecule has 1 heterocycles. The molecule has 0 N–H and O–H groups in total. The Morgan fingerprint density at radius 3 is 2.72 bits per heavy atom. The van der Waals surface area contributed by atoms with Crippen LogP contribution in [-0.4, -0.2) is 13.7 Å². The summed E-state index contributed by atoms with van der Waals surface area (Å²) in [6.45, 7) is 0.693. The zero-order chi connectivity index (χ0) is 17.4. The highest BCUT2D eigenvalue weighted by molar-refractivity contribution is 7.16. The van der Waals surface area contributed by atoms with Crippen molar-refractivity contribution in [2.75, 3.05) is 13.7 Å². The minimum Gasteiger partial charge on any atom is -0.385 e. The Labute approximate surface area is 149 Å². The average Bonchev–Trinajstić information content (AvgIpc) is 2.97. The van der Waals surface area contributed by atoms with Gasteiger partial charge < -0.3 is 4.74 Å². The van der Waals surface area contributed by atoms with Crippen molar-refractivity contribution in [2.24, 2.45) is 0 Å². The van der Waals surface area contributed by atoms with Gasteiger partial charge in [0.15, 0.2) is 11.6 Å². The van der Waals surface area contributed by atoms with Crippen LogP contribution in [0.1, 0.15) is 22.4 Å². The molecule has 3 aromatic rings. The molecule has 1 aliphatic rings. The summed E-state index contributed by atoms with van der Waals surface area (Å²) in [5.74, 6) is -1.53. The van der Waals surface area contributed by atoms with Crippen LogP contribution in [0.5, 0.6) is 0 Å². The second-order valence-electron chi connectivity index (χ2n) is 6.28. The minimum absolute atomic E-state index is 0.417. The van der Waals surface area contributed by atoms with Gasteiger partial charge in [0.25, 0.3) is 0 Å². The molecule has 25 heavy (non-hydrogen) atoms. The molecular formula is C21H18F2OS. The number of hydrogen-bond acceptors (Lipinski definition) is 2. The molecule has 1 nitrogen and oxygen atoms in total. The maximum Gasteiger partial charge on any atom is 0.166 e. The lowest BCUT2D eigenvalue weighted by atomic mass is 9.97. The van der Waals surface area contributed by atoms with E-state index in [1.54, 1.807) is 24.5 Å². The van der Waals surface area contributed by atoms with Gasteiger partial charge in [-0.15, -0.1) is 11.3 Å². The third-order valence-electron chi connectivity index (χ3n) is 4.65. The van der Waals surface area contributed by atoms with Crippen molar-refractivity contribution < 1.29 is 13.5 Å². The first kappa shape index (κ1) is 16.4. The maximum atomic E-state index is 14.7. The lowest BCUT2D eigenvalue weighted by molar-refractivity contribution is 0.195. The topological polar surface area (TPSA) is 9.23 Å². The molecule has 0 radical (unpaired) electrons. The lowest BCUT2D eigenvalue weighted by Crippen LogP contribution is -1.96. The van der Waals surface area contributed by atoms with Crippen LogP contribution in [0, 0.1) is 11.6 Å². The molecule has 0 aliphatic heterocycles. The summed E-state index contributed by atoms with van der Waals surface area (Å²) in [5, 5.41) is 0. The molecule has 4 rings (SSSR count). The third-order valence-corrected chi connectivity index (χ3v) is 5.88. The standard InChI is InChI=1S/C21H18F2OS/c1-24-10-4-6-15-12-17-19-14(8-9-18(22)20(19)23)11-13-5-2-3-7-16(13)21(17)25-15/h2-3,5,7-9,12H,4,6,10-11H2,1H3. The number of hydrogen-bond donors (Lipinski definition) is 0. The summed E-state index contributed by atoms with van der Waals surface area (Å²) < 4.78 is 33.7. The average molecular weight is 356 g/mol. The van der Waals surface area contributed by atoms with Crippen molar-refractivity contribution in [1.29, 1.82) is 0 Å². The van der Waals surface area contributed by atoms with E-state index in [-0.39, 0.29) is 0 Å². The fourth-order valence-electron chi connectivity index (χ4n) is 3.47. The van der Waals surface area contributed by atoms with Crippen LogP contribution in [0.4, 0.5) is 8.78 Å². The molecule has 0 atom stereocenters. The zero-order valence-electron chi connectivity index (χ0n) is 13.9. The van der Waals surface area contributed by atoms with Crippen LogP contribution in [-0.2, 0) is 17.6 Å². The first-order valence-electron chi connectivity index (χ1n) is 8.36. The van der Waals surface area contributed by atoms with E-state index >= 15 is 0 Å². The highest BCUT2D eigenvalue weighted by Gasteiger charge is 2.25. The number of rotatable bonds is 4. The first-order valence-corrected chi connectivity index (χ1v) is 9.18. The number of halogens is 2. The van der Waals surface area contributed by atoms with Crippen LogP contribution in [0.3, 0.4) is 0 Å². The van der Waals surface area contributed by atoms with Gasteiger partial charge in [-0.05, 0) is 48.1 Å². The number of aryl methyl sites for hydroxylation is 1. The molecule has 0 fully saturated rings. The highest BCUT2D eigenvalue weighted by Crippen LogP contribution is 2.46. The van der Waals surface area contributed by atoms with E-state index in [0.717, 1.165) is 40.0 Å². The zero-order valence-corrected chi connectivity index (χ0v) is 14.8. The van der Waals surface area contributed by atoms with E-state index in [0.29, 0.717) is 18.6 Å². The van der Waals surface area contributed by atoms with E-state index in [2.05, 4.69) is 12.1 Å². The van der Waals surface area contributed by atoms with Gasteiger partial charge in [0.05, 0.1) is 0 Å². The Kier molecular flexibility index (Phi) is 4.40. The number of thiophene rings is 1. The molecule has 0 bridgehead atoms. The Bertz CT molecular complexity index is 930. The predicted molar refractivity (Wildman–Crippen MR) is 98.1 cm³/mol. The second kappa shape index (κ2) is 6.70. The van der Waals surface area contributed by atoms with Gasteiger partial charge in [-0.2, -0.15) is 0 Å². The van der Waals surface area contributed by atoms with Crippen molar-refractivity contribution in [3.8, 4) is 21.6 Å². The fourth-order valence-corrected chi connectivity index (χ4v) is 4.74. The van der Waals surface area contributed by atoms with Crippen LogP contribution in [0.25, 0.3) is 21.6 Å². The molecule has 2 aromatic carbocycles. The van der Waals surface area contributed by atoms with Gasteiger partial charge in [-0.3, -0.25) is 0 Å². The molecule has 128 valence electrons. The number of fused-ring (bicyclic) bond motifs is 5. The molecule has 0 saturated carbocycles. The summed E-state index contributed by atoms with van der Waals surface area (Å²) in [6.07, 6.45) is 2.40. The summed E-state index contributed by atoms with van der Waals surface area (Å²) in [4.78, 5) is 2.21. The van der Waals surface area contributed by atoms with Crippen LogP contribution < -0.4 is 0 Å². The Morgan fingerprint density at radius 2 is 1.88 bits per heavy atom. The Morgan fingerprint density at radius 1 is 1.04 bits per heavy atom. The number of benzene rings is 2. The van der Waals surface area contributed by atoms with E-state index in [4.69, 9.17) is 4.74 Å². The maximum absolute atomic E-state index is 14.7. The van der Waals surface area contributed by atoms with Crippen LogP contribution >= 0.6 is 11.3 Å².